The lowest BCUT2D eigenvalue weighted by molar-refractivity contribution is -0.121. The quantitative estimate of drug-likeness (QED) is 0.744. The van der Waals surface area contributed by atoms with Crippen LogP contribution in [0.4, 0.5) is 5.69 Å². The SMILES string of the molecule is CNC(=O)CN(C)C(=O)c1ccc(N)c(C)c1. The van der Waals surface area contributed by atoms with Crippen LogP contribution in [0.25, 0.3) is 0 Å². The van der Waals surface area contributed by atoms with Gasteiger partial charge in [0, 0.05) is 25.3 Å². The molecule has 0 radical (unpaired) electrons. The molecule has 0 saturated carbocycles. The number of nitrogen functional groups attached to an aromatic ring is 1. The average Bonchev–Trinajstić information content (AvgIpc) is 2.31. The van der Waals surface area contributed by atoms with E-state index < -0.39 is 0 Å². The molecule has 0 heterocycles. The minimum absolute atomic E-state index is 0.0404. The van der Waals surface area contributed by atoms with Crippen LogP contribution < -0.4 is 11.1 Å². The van der Waals surface area contributed by atoms with Crippen molar-refractivity contribution in [1.82, 2.24) is 10.2 Å². The predicted molar refractivity (Wildman–Crippen MR) is 66.6 cm³/mol. The third-order valence-corrected chi connectivity index (χ3v) is 2.52. The summed E-state index contributed by atoms with van der Waals surface area (Å²) in [5, 5.41) is 2.47. The fourth-order valence-electron chi connectivity index (χ4n) is 1.40. The van der Waals surface area contributed by atoms with Gasteiger partial charge in [0.25, 0.3) is 5.91 Å². The number of rotatable bonds is 3. The Bertz CT molecular complexity index is 443. The molecular formula is C12H17N3O2. The molecule has 1 aromatic rings. The van der Waals surface area contributed by atoms with Gasteiger partial charge in [-0.25, -0.2) is 0 Å². The molecule has 0 aliphatic rings. The number of nitrogens with one attached hydrogen (secondary N) is 1. The number of hydrogen-bond acceptors (Lipinski definition) is 3. The van der Waals surface area contributed by atoms with Crippen LogP contribution in [-0.4, -0.2) is 37.4 Å². The Morgan fingerprint density at radius 2 is 2.06 bits per heavy atom. The summed E-state index contributed by atoms with van der Waals surface area (Å²) in [4.78, 5) is 24.5. The van der Waals surface area contributed by atoms with Crippen LogP contribution in [0.5, 0.6) is 0 Å². The number of anilines is 1. The van der Waals surface area contributed by atoms with E-state index in [-0.39, 0.29) is 18.4 Å². The molecular weight excluding hydrogens is 218 g/mol. The maximum Gasteiger partial charge on any atom is 0.254 e. The molecule has 0 aliphatic heterocycles. The Morgan fingerprint density at radius 1 is 1.41 bits per heavy atom. The van der Waals surface area contributed by atoms with Crippen LogP contribution in [0, 0.1) is 6.92 Å². The number of likely N-dealkylation sites (N-methyl/N-ethyl adjacent to an activating group) is 2. The fraction of sp³-hybridized carbons (Fsp3) is 0.333. The Balaban J connectivity index is 2.81. The summed E-state index contributed by atoms with van der Waals surface area (Å²) in [5.41, 5.74) is 7.71. The van der Waals surface area contributed by atoms with Crippen molar-refractivity contribution >= 4 is 17.5 Å². The second-order valence-electron chi connectivity index (χ2n) is 3.91. The molecule has 0 fully saturated rings. The first-order valence-corrected chi connectivity index (χ1v) is 5.28. The monoisotopic (exact) mass is 235 g/mol. The molecule has 0 saturated heterocycles. The zero-order valence-corrected chi connectivity index (χ0v) is 10.3. The number of hydrogen-bond donors (Lipinski definition) is 2. The molecule has 1 aromatic carbocycles. The molecule has 5 nitrogen and oxygen atoms in total. The van der Waals surface area contributed by atoms with Gasteiger partial charge in [0.15, 0.2) is 0 Å². The van der Waals surface area contributed by atoms with Gasteiger partial charge in [-0.3, -0.25) is 9.59 Å². The molecule has 3 N–H and O–H groups in total. The number of carbonyl (C=O) groups excluding carboxylic acids is 2. The molecule has 1 rings (SSSR count). The maximum atomic E-state index is 12.0. The van der Waals surface area contributed by atoms with Gasteiger partial charge in [0.05, 0.1) is 6.54 Å². The molecule has 92 valence electrons. The molecule has 17 heavy (non-hydrogen) atoms. The van der Waals surface area contributed by atoms with Crippen molar-refractivity contribution in [1.29, 1.82) is 0 Å². The highest BCUT2D eigenvalue weighted by Crippen LogP contribution is 2.13. The van der Waals surface area contributed by atoms with Gasteiger partial charge in [-0.1, -0.05) is 0 Å². The summed E-state index contributed by atoms with van der Waals surface area (Å²) in [6.07, 6.45) is 0. The fourth-order valence-corrected chi connectivity index (χ4v) is 1.40. The number of amides is 2. The first-order valence-electron chi connectivity index (χ1n) is 5.28. The van der Waals surface area contributed by atoms with Crippen molar-refractivity contribution in [2.45, 2.75) is 6.92 Å². The van der Waals surface area contributed by atoms with Crippen LogP contribution in [0.3, 0.4) is 0 Å². The lowest BCUT2D eigenvalue weighted by Gasteiger charge is -2.16. The molecule has 0 aromatic heterocycles. The second kappa shape index (κ2) is 5.34. The van der Waals surface area contributed by atoms with E-state index in [2.05, 4.69) is 5.32 Å². The van der Waals surface area contributed by atoms with Gasteiger partial charge in [-0.2, -0.15) is 0 Å². The van der Waals surface area contributed by atoms with Crippen LogP contribution in [0.15, 0.2) is 18.2 Å². The van der Waals surface area contributed by atoms with E-state index in [1.165, 1.54) is 11.9 Å². The summed E-state index contributed by atoms with van der Waals surface area (Å²) in [5.74, 6) is -0.398. The van der Waals surface area contributed by atoms with Crippen LogP contribution in [0.2, 0.25) is 0 Å². The number of carbonyl (C=O) groups is 2. The van der Waals surface area contributed by atoms with Gasteiger partial charge in [-0.15, -0.1) is 0 Å². The third-order valence-electron chi connectivity index (χ3n) is 2.52. The van der Waals surface area contributed by atoms with Gasteiger partial charge >= 0.3 is 0 Å². The predicted octanol–water partition coefficient (Wildman–Crippen LogP) is 0.395. The van der Waals surface area contributed by atoms with Crippen molar-refractivity contribution < 1.29 is 9.59 Å². The Morgan fingerprint density at radius 3 is 2.59 bits per heavy atom. The van der Waals surface area contributed by atoms with E-state index in [0.717, 1.165) is 5.56 Å². The summed E-state index contributed by atoms with van der Waals surface area (Å²) in [6.45, 7) is 1.88. The summed E-state index contributed by atoms with van der Waals surface area (Å²) < 4.78 is 0. The molecule has 0 spiro atoms. The first kappa shape index (κ1) is 13.0. The topological polar surface area (TPSA) is 75.4 Å². The molecule has 0 atom stereocenters. The molecule has 0 bridgehead atoms. The largest absolute Gasteiger partial charge is 0.399 e. The zero-order valence-electron chi connectivity index (χ0n) is 10.3. The normalized spacial score (nSPS) is 9.82. The molecule has 5 heteroatoms. The summed E-state index contributed by atoms with van der Waals surface area (Å²) in [6, 6.07) is 5.07. The van der Waals surface area contributed by atoms with Gasteiger partial charge in [0.2, 0.25) is 5.91 Å². The van der Waals surface area contributed by atoms with Crippen molar-refractivity contribution in [2.75, 3.05) is 26.4 Å². The van der Waals surface area contributed by atoms with E-state index in [1.807, 2.05) is 6.92 Å². The van der Waals surface area contributed by atoms with Crippen LogP contribution in [0.1, 0.15) is 15.9 Å². The first-order chi connectivity index (χ1) is 7.95. The summed E-state index contributed by atoms with van der Waals surface area (Å²) >= 11 is 0. The number of benzene rings is 1. The van der Waals surface area contributed by atoms with E-state index in [9.17, 15) is 9.59 Å². The average molecular weight is 235 g/mol. The smallest absolute Gasteiger partial charge is 0.254 e. The van der Waals surface area contributed by atoms with E-state index in [4.69, 9.17) is 5.73 Å². The van der Waals surface area contributed by atoms with Gasteiger partial charge in [-0.05, 0) is 30.7 Å². The van der Waals surface area contributed by atoms with E-state index >= 15 is 0 Å². The number of aryl methyl sites for hydroxylation is 1. The van der Waals surface area contributed by atoms with Crippen molar-refractivity contribution in [3.05, 3.63) is 29.3 Å². The minimum atomic E-state index is -0.201. The Kier molecular flexibility index (Phi) is 4.09. The van der Waals surface area contributed by atoms with Crippen LogP contribution >= 0.6 is 0 Å². The Hall–Kier alpha value is -2.04. The third kappa shape index (κ3) is 3.21. The minimum Gasteiger partial charge on any atom is -0.399 e. The van der Waals surface area contributed by atoms with Gasteiger partial charge in [0.1, 0.15) is 0 Å². The lowest BCUT2D eigenvalue weighted by atomic mass is 10.1. The van der Waals surface area contributed by atoms with Gasteiger partial charge < -0.3 is 16.0 Å². The zero-order chi connectivity index (χ0) is 13.0. The summed E-state index contributed by atoms with van der Waals surface area (Å²) in [7, 11) is 3.12. The molecule has 0 aliphatic carbocycles. The van der Waals surface area contributed by atoms with Crippen molar-refractivity contribution in [2.24, 2.45) is 0 Å². The second-order valence-corrected chi connectivity index (χ2v) is 3.91. The Labute approximate surface area is 101 Å². The van der Waals surface area contributed by atoms with E-state index in [0.29, 0.717) is 11.3 Å². The molecule has 2 amide bonds. The highest BCUT2D eigenvalue weighted by molar-refractivity contribution is 5.96. The van der Waals surface area contributed by atoms with Crippen molar-refractivity contribution in [3.8, 4) is 0 Å². The standard InChI is InChI=1S/C12H17N3O2/c1-8-6-9(4-5-10(8)13)12(17)15(3)7-11(16)14-2/h4-6H,7,13H2,1-3H3,(H,14,16). The highest BCUT2D eigenvalue weighted by atomic mass is 16.2. The number of nitrogens with zero attached hydrogens (tertiary/aromatic N) is 1. The molecule has 0 unspecified atom stereocenters. The maximum absolute atomic E-state index is 12.0. The number of nitrogens with two attached hydrogens (primary N) is 1. The highest BCUT2D eigenvalue weighted by Gasteiger charge is 2.14. The lowest BCUT2D eigenvalue weighted by Crippen LogP contribution is -2.36. The van der Waals surface area contributed by atoms with Crippen LogP contribution in [-0.2, 0) is 4.79 Å². The van der Waals surface area contributed by atoms with E-state index in [1.54, 1.807) is 25.2 Å². The van der Waals surface area contributed by atoms with Crippen molar-refractivity contribution in [3.63, 3.8) is 0 Å².